The average Bonchev–Trinajstić information content (AvgIpc) is 2.86. The van der Waals surface area contributed by atoms with Gasteiger partial charge in [0.05, 0.1) is 39.5 Å². The summed E-state index contributed by atoms with van der Waals surface area (Å²) in [7, 11) is 6.50. The topological polar surface area (TPSA) is 37.4 Å². The Kier molecular flexibility index (Phi) is 6.41. The van der Waals surface area contributed by atoms with Crippen molar-refractivity contribution in [3.05, 3.63) is 11.1 Å². The van der Waals surface area contributed by atoms with Crippen LogP contribution >= 0.6 is 0 Å². The van der Waals surface area contributed by atoms with Gasteiger partial charge in [-0.15, -0.1) is 0 Å². The van der Waals surface area contributed by atoms with Crippen LogP contribution in [0.3, 0.4) is 0 Å². The zero-order chi connectivity index (χ0) is 18.5. The van der Waals surface area contributed by atoms with E-state index in [2.05, 4.69) is 21.1 Å². The molecule has 1 heterocycles. The number of hydrogen-bond acceptors (Lipinski definition) is 2. The van der Waals surface area contributed by atoms with Gasteiger partial charge >= 0.3 is 0 Å². The summed E-state index contributed by atoms with van der Waals surface area (Å²) < 4.78 is 0.879. The van der Waals surface area contributed by atoms with Gasteiger partial charge in [0.15, 0.2) is 0 Å². The predicted octanol–water partition coefficient (Wildman–Crippen LogP) is 0.379. The first-order chi connectivity index (χ1) is 12.4. The van der Waals surface area contributed by atoms with E-state index in [4.69, 9.17) is 0 Å². The number of fused-ring (bicyclic) bond motifs is 5. The molecule has 1 aliphatic heterocycles. The van der Waals surface area contributed by atoms with Crippen LogP contribution in [0.5, 0.6) is 0 Å². The number of carbonyl (C=O) groups is 2. The van der Waals surface area contributed by atoms with Crippen molar-refractivity contribution in [1.29, 1.82) is 0 Å². The molecule has 0 aromatic heterocycles. The van der Waals surface area contributed by atoms with Crippen molar-refractivity contribution in [2.75, 3.05) is 34.2 Å². The quantitative estimate of drug-likeness (QED) is 0.250. The molecule has 1 saturated heterocycles. The van der Waals surface area contributed by atoms with E-state index < -0.39 is 0 Å². The number of allylic oxidation sites excluding steroid dienone is 2. The zero-order valence-electron chi connectivity index (χ0n) is 17.2. The fourth-order valence-electron chi connectivity index (χ4n) is 6.21. The predicted molar refractivity (Wildman–Crippen MR) is 102 cm³/mol. The molecule has 0 spiro atoms. The Hall–Kier alpha value is -0.430. The molecule has 0 aromatic carbocycles. The van der Waals surface area contributed by atoms with Gasteiger partial charge < -0.3 is 28.5 Å². The fourth-order valence-corrected chi connectivity index (χ4v) is 6.21. The molecule has 4 unspecified atom stereocenters. The summed E-state index contributed by atoms with van der Waals surface area (Å²) in [6.45, 7) is 1.61. The van der Waals surface area contributed by atoms with E-state index in [1.807, 2.05) is 0 Å². The van der Waals surface area contributed by atoms with E-state index >= 15 is 0 Å². The van der Waals surface area contributed by atoms with Crippen LogP contribution in [0.4, 0.5) is 0 Å². The molecule has 0 radical (unpaired) electrons. The average molecular weight is 486 g/mol. The minimum atomic E-state index is -0.0335. The third-order valence-electron chi connectivity index (χ3n) is 7.30. The third-order valence-corrected chi connectivity index (χ3v) is 7.30. The molecule has 152 valence electrons. The molecule has 5 heteroatoms. The van der Waals surface area contributed by atoms with Gasteiger partial charge in [0.1, 0.15) is 0 Å². The van der Waals surface area contributed by atoms with Gasteiger partial charge in [0.2, 0.25) is 11.8 Å². The number of imide groups is 1. The highest BCUT2D eigenvalue weighted by molar-refractivity contribution is 6.06. The van der Waals surface area contributed by atoms with E-state index in [0.717, 1.165) is 30.3 Å². The molecule has 4 nitrogen and oxygen atoms in total. The van der Waals surface area contributed by atoms with Crippen LogP contribution in [-0.2, 0) is 9.59 Å². The van der Waals surface area contributed by atoms with E-state index in [1.54, 1.807) is 16.0 Å². The van der Waals surface area contributed by atoms with Gasteiger partial charge in [0, 0.05) is 13.0 Å². The van der Waals surface area contributed by atoms with Crippen molar-refractivity contribution in [3.8, 4) is 0 Å². The lowest BCUT2D eigenvalue weighted by Gasteiger charge is -2.44. The molecule has 0 N–H and O–H groups in total. The number of rotatable bonds is 4. The molecule has 4 aliphatic rings. The second-order valence-corrected chi connectivity index (χ2v) is 10.0. The van der Waals surface area contributed by atoms with Gasteiger partial charge in [-0.2, -0.15) is 0 Å². The first kappa shape index (κ1) is 21.3. The maximum Gasteiger partial charge on any atom is 0.233 e. The van der Waals surface area contributed by atoms with Crippen LogP contribution in [-0.4, -0.2) is 55.4 Å². The Morgan fingerprint density at radius 2 is 1.33 bits per heavy atom. The minimum Gasteiger partial charge on any atom is -1.00 e. The second-order valence-electron chi connectivity index (χ2n) is 10.0. The Morgan fingerprint density at radius 1 is 0.852 bits per heavy atom. The maximum atomic E-state index is 13.3. The monoisotopic (exact) mass is 486 g/mol. The zero-order valence-corrected chi connectivity index (χ0v) is 19.3. The van der Waals surface area contributed by atoms with Crippen molar-refractivity contribution < 1.29 is 38.0 Å². The molecular formula is C22H35IN2O2. The molecule has 2 saturated carbocycles. The highest BCUT2D eigenvalue weighted by Crippen LogP contribution is 2.55. The van der Waals surface area contributed by atoms with Gasteiger partial charge in [-0.05, 0) is 50.4 Å². The van der Waals surface area contributed by atoms with Crippen molar-refractivity contribution in [2.24, 2.45) is 23.7 Å². The molecule has 4 rings (SSSR count). The van der Waals surface area contributed by atoms with Crippen LogP contribution in [0.15, 0.2) is 11.1 Å². The van der Waals surface area contributed by atoms with Gasteiger partial charge in [0.25, 0.3) is 0 Å². The molecular weight excluding hydrogens is 451 g/mol. The molecule has 0 bridgehead atoms. The minimum absolute atomic E-state index is 0. The first-order valence-corrected chi connectivity index (χ1v) is 10.8. The molecule has 4 atom stereocenters. The summed E-state index contributed by atoms with van der Waals surface area (Å²) in [5.41, 5.74) is 3.22. The normalized spacial score (nSPS) is 33.4. The second kappa shape index (κ2) is 8.13. The molecule has 2 amide bonds. The van der Waals surface area contributed by atoms with Crippen LogP contribution in [0.2, 0.25) is 0 Å². The summed E-state index contributed by atoms with van der Waals surface area (Å²) in [6.07, 6.45) is 10.5. The van der Waals surface area contributed by atoms with Gasteiger partial charge in [-0.25, -0.2) is 0 Å². The number of amides is 2. The molecule has 3 fully saturated rings. The summed E-state index contributed by atoms with van der Waals surface area (Å²) in [4.78, 5) is 28.3. The van der Waals surface area contributed by atoms with Crippen LogP contribution in [0, 0.1) is 23.7 Å². The highest BCUT2D eigenvalue weighted by atomic mass is 127. The number of nitrogens with zero attached hydrogens (tertiary/aromatic N) is 2. The largest absolute Gasteiger partial charge is 1.00 e. The fraction of sp³-hybridized carbons (Fsp3) is 0.818. The Balaban J connectivity index is 0.00000210. The summed E-state index contributed by atoms with van der Waals surface area (Å²) in [6, 6.07) is 0. The van der Waals surface area contributed by atoms with E-state index in [1.165, 1.54) is 38.5 Å². The van der Waals surface area contributed by atoms with Crippen molar-refractivity contribution in [3.63, 3.8) is 0 Å². The van der Waals surface area contributed by atoms with Crippen LogP contribution in [0.25, 0.3) is 0 Å². The maximum absolute atomic E-state index is 13.3. The summed E-state index contributed by atoms with van der Waals surface area (Å²) in [5.74, 6) is 1.00. The Labute approximate surface area is 181 Å². The van der Waals surface area contributed by atoms with Crippen LogP contribution < -0.4 is 24.0 Å². The Morgan fingerprint density at radius 3 is 1.78 bits per heavy atom. The van der Waals surface area contributed by atoms with Crippen molar-refractivity contribution in [1.82, 2.24) is 4.90 Å². The van der Waals surface area contributed by atoms with Gasteiger partial charge in [-0.1, -0.05) is 24.0 Å². The molecule has 27 heavy (non-hydrogen) atoms. The lowest BCUT2D eigenvalue weighted by molar-refractivity contribution is -0.870. The first-order valence-electron chi connectivity index (χ1n) is 10.8. The number of quaternary nitrogens is 1. The summed E-state index contributed by atoms with van der Waals surface area (Å²) in [5, 5.41) is 0. The van der Waals surface area contributed by atoms with Crippen LogP contribution in [0.1, 0.15) is 57.8 Å². The number of halogens is 1. The lowest BCUT2D eigenvalue weighted by atomic mass is 9.58. The summed E-state index contributed by atoms with van der Waals surface area (Å²) >= 11 is 0. The molecule has 0 aromatic rings. The van der Waals surface area contributed by atoms with E-state index in [0.29, 0.717) is 18.4 Å². The third kappa shape index (κ3) is 3.87. The number of carbonyl (C=O) groups excluding carboxylic acids is 2. The smallest absolute Gasteiger partial charge is 0.233 e. The Bertz CT molecular complexity index is 593. The number of hydrogen-bond donors (Lipinski definition) is 0. The van der Waals surface area contributed by atoms with Crippen molar-refractivity contribution >= 4 is 11.8 Å². The van der Waals surface area contributed by atoms with Gasteiger partial charge in [-0.3, -0.25) is 14.5 Å². The van der Waals surface area contributed by atoms with Crippen molar-refractivity contribution in [2.45, 2.75) is 57.8 Å². The van der Waals surface area contributed by atoms with E-state index in [9.17, 15) is 9.59 Å². The SMILES string of the molecule is C[N+](C)(C)CCCN1C(=O)C2C3CCCCC3=C3CCCCC3C2C1=O.[I-]. The lowest BCUT2D eigenvalue weighted by Crippen LogP contribution is -3.00. The van der Waals surface area contributed by atoms with E-state index in [-0.39, 0.29) is 47.6 Å². The number of likely N-dealkylation sites (tertiary alicyclic amines) is 1. The highest BCUT2D eigenvalue weighted by Gasteiger charge is 2.57. The standard InChI is InChI=1S/C22H35N2O2.HI/c1-24(2,3)14-8-13-23-21(25)19-17-11-6-4-9-15(17)16-10-5-7-12-18(16)20(19)22(23)26;/h17-20H,4-14H2,1-3H3;1H/q+1;/p-1. The molecule has 3 aliphatic carbocycles.